The van der Waals surface area contributed by atoms with Crippen LogP contribution in [0.1, 0.15) is 33.1 Å². The number of methoxy groups -OCH3 is 1. The fourth-order valence-corrected chi connectivity index (χ4v) is 3.76. The van der Waals surface area contributed by atoms with Crippen molar-refractivity contribution in [2.75, 3.05) is 39.5 Å². The topological polar surface area (TPSA) is 41.6 Å². The van der Waals surface area contributed by atoms with Crippen LogP contribution in [0.4, 0.5) is 0 Å². The smallest absolute Gasteiger partial charge is 0.324 e. The Morgan fingerprint density at radius 3 is 2.42 bits per heavy atom. The van der Waals surface area contributed by atoms with Crippen LogP contribution in [0.3, 0.4) is 0 Å². The molecule has 1 aliphatic carbocycles. The van der Waals surface area contributed by atoms with Crippen molar-refractivity contribution in [1.29, 1.82) is 0 Å². The van der Waals surface area contributed by atoms with Crippen LogP contribution in [0.5, 0.6) is 0 Å². The minimum absolute atomic E-state index is 0.0519. The maximum atomic E-state index is 12.0. The second-order valence-corrected chi connectivity index (χ2v) is 6.28. The van der Waals surface area contributed by atoms with Gasteiger partial charge in [0.05, 0.1) is 7.11 Å². The molecule has 1 unspecified atom stereocenters. The van der Waals surface area contributed by atoms with Crippen LogP contribution in [-0.4, -0.2) is 61.2 Å². The fraction of sp³-hybridized carbons (Fsp3) is 0.929. The lowest BCUT2D eigenvalue weighted by Gasteiger charge is -2.45. The molecular weight excluding hydrogens is 260 g/mol. The zero-order valence-electron chi connectivity index (χ0n) is 12.7. The number of likely N-dealkylation sites (N-methyl/N-ethyl adjacent to an activating group) is 1. The molecule has 1 N–H and O–H groups in total. The molecule has 0 amide bonds. The Balaban J connectivity index is 2.53. The summed E-state index contributed by atoms with van der Waals surface area (Å²) < 4.78 is 5.03. The van der Waals surface area contributed by atoms with Crippen molar-refractivity contribution < 1.29 is 9.53 Å². The van der Waals surface area contributed by atoms with Gasteiger partial charge in [0.25, 0.3) is 0 Å². The number of carbonyl (C=O) groups is 1. The summed E-state index contributed by atoms with van der Waals surface area (Å²) in [6.45, 7) is 8.24. The van der Waals surface area contributed by atoms with Gasteiger partial charge in [0.1, 0.15) is 6.04 Å². The molecule has 112 valence electrons. The zero-order chi connectivity index (χ0) is 14.3. The first kappa shape index (κ1) is 16.8. The first-order chi connectivity index (χ1) is 9.13. The van der Waals surface area contributed by atoms with Crippen LogP contribution in [0.25, 0.3) is 0 Å². The number of hydrogen-bond donors (Lipinski definition) is 1. The molecule has 0 spiro atoms. The van der Waals surface area contributed by atoms with Crippen molar-refractivity contribution in [3.8, 4) is 0 Å². The third kappa shape index (κ3) is 4.10. The van der Waals surface area contributed by atoms with Crippen LogP contribution in [0.15, 0.2) is 0 Å². The van der Waals surface area contributed by atoms with Crippen LogP contribution in [0.2, 0.25) is 0 Å². The van der Waals surface area contributed by atoms with Crippen molar-refractivity contribution >= 4 is 17.7 Å². The Morgan fingerprint density at radius 1 is 1.42 bits per heavy atom. The standard InChI is InChI=1S/C14H28N2O2S/c1-5-16(6-2)11-10-15-12(13(17)18-3)14(19-4)8-7-9-14/h12,15H,5-11H2,1-4H3. The van der Waals surface area contributed by atoms with Gasteiger partial charge in [0, 0.05) is 17.8 Å². The minimum atomic E-state index is -0.170. The highest BCUT2D eigenvalue weighted by molar-refractivity contribution is 8.00. The third-order valence-corrected chi connectivity index (χ3v) is 5.70. The van der Waals surface area contributed by atoms with Gasteiger partial charge >= 0.3 is 5.97 Å². The van der Waals surface area contributed by atoms with Gasteiger partial charge in [-0.3, -0.25) is 4.79 Å². The average molecular weight is 288 g/mol. The summed E-state index contributed by atoms with van der Waals surface area (Å²) in [5.74, 6) is -0.117. The van der Waals surface area contributed by atoms with Gasteiger partial charge < -0.3 is 15.0 Å². The van der Waals surface area contributed by atoms with Gasteiger partial charge in [0.2, 0.25) is 0 Å². The first-order valence-corrected chi connectivity index (χ1v) is 8.44. The van der Waals surface area contributed by atoms with E-state index in [1.54, 1.807) is 11.8 Å². The quantitative estimate of drug-likeness (QED) is 0.655. The Bertz CT molecular complexity index is 273. The molecule has 1 atom stereocenters. The van der Waals surface area contributed by atoms with Crippen molar-refractivity contribution in [2.24, 2.45) is 0 Å². The molecule has 0 bridgehead atoms. The van der Waals surface area contributed by atoms with E-state index in [1.807, 2.05) is 0 Å². The number of rotatable bonds is 9. The summed E-state index contributed by atoms with van der Waals surface area (Å²) in [7, 11) is 1.48. The summed E-state index contributed by atoms with van der Waals surface area (Å²) in [5.41, 5.74) is 0. The Morgan fingerprint density at radius 2 is 2.05 bits per heavy atom. The lowest BCUT2D eigenvalue weighted by atomic mass is 9.78. The highest BCUT2D eigenvalue weighted by Gasteiger charge is 2.47. The van der Waals surface area contributed by atoms with E-state index >= 15 is 0 Å². The highest BCUT2D eigenvalue weighted by Crippen LogP contribution is 2.45. The number of thioether (sulfide) groups is 1. The van der Waals surface area contributed by atoms with Crippen molar-refractivity contribution in [1.82, 2.24) is 10.2 Å². The molecular formula is C14H28N2O2S. The molecule has 0 heterocycles. The van der Waals surface area contributed by atoms with Gasteiger partial charge in [-0.25, -0.2) is 0 Å². The molecule has 0 aromatic rings. The summed E-state index contributed by atoms with van der Waals surface area (Å²) in [5, 5.41) is 3.43. The van der Waals surface area contributed by atoms with E-state index in [0.717, 1.165) is 39.0 Å². The Kier molecular flexibility index (Phi) is 7.18. The molecule has 0 aromatic carbocycles. The van der Waals surface area contributed by atoms with E-state index in [9.17, 15) is 4.79 Å². The van der Waals surface area contributed by atoms with Gasteiger partial charge in [-0.2, -0.15) is 11.8 Å². The Labute approximate surface area is 121 Å². The molecule has 19 heavy (non-hydrogen) atoms. The zero-order valence-corrected chi connectivity index (χ0v) is 13.5. The molecule has 1 aliphatic rings. The molecule has 5 heteroatoms. The largest absolute Gasteiger partial charge is 0.468 e. The number of nitrogens with one attached hydrogen (secondary N) is 1. The van der Waals surface area contributed by atoms with Crippen molar-refractivity contribution in [3.05, 3.63) is 0 Å². The highest BCUT2D eigenvalue weighted by atomic mass is 32.2. The molecule has 0 aliphatic heterocycles. The monoisotopic (exact) mass is 288 g/mol. The summed E-state index contributed by atoms with van der Waals surface area (Å²) >= 11 is 1.80. The molecule has 4 nitrogen and oxygen atoms in total. The third-order valence-electron chi connectivity index (χ3n) is 4.24. The van der Waals surface area contributed by atoms with Crippen molar-refractivity contribution in [3.63, 3.8) is 0 Å². The SMILES string of the molecule is CCN(CC)CCNC(C(=O)OC)C1(SC)CCC1. The second kappa shape index (κ2) is 8.12. The fourth-order valence-electron chi connectivity index (χ4n) is 2.64. The van der Waals surface area contributed by atoms with E-state index in [2.05, 4.69) is 30.3 Å². The normalized spacial score (nSPS) is 19.0. The number of esters is 1. The van der Waals surface area contributed by atoms with Crippen LogP contribution < -0.4 is 5.32 Å². The van der Waals surface area contributed by atoms with Crippen LogP contribution >= 0.6 is 11.8 Å². The van der Waals surface area contributed by atoms with Gasteiger partial charge in [-0.1, -0.05) is 20.3 Å². The van der Waals surface area contributed by atoms with Crippen molar-refractivity contribution in [2.45, 2.75) is 43.9 Å². The summed E-state index contributed by atoms with van der Waals surface area (Å²) in [6, 6.07) is -0.170. The molecule has 1 fully saturated rings. The maximum Gasteiger partial charge on any atom is 0.324 e. The van der Waals surface area contributed by atoms with E-state index in [-0.39, 0.29) is 16.8 Å². The number of carbonyl (C=O) groups excluding carboxylic acids is 1. The van der Waals surface area contributed by atoms with E-state index in [0.29, 0.717) is 0 Å². The van der Waals surface area contributed by atoms with E-state index in [1.165, 1.54) is 13.5 Å². The summed E-state index contributed by atoms with van der Waals surface area (Å²) in [4.78, 5) is 14.4. The molecule has 1 rings (SSSR count). The van der Waals surface area contributed by atoms with E-state index in [4.69, 9.17) is 4.74 Å². The number of hydrogen-bond acceptors (Lipinski definition) is 5. The first-order valence-electron chi connectivity index (χ1n) is 7.22. The van der Waals surface area contributed by atoms with Crippen LogP contribution in [-0.2, 0) is 9.53 Å². The van der Waals surface area contributed by atoms with Crippen LogP contribution in [0, 0.1) is 0 Å². The maximum absolute atomic E-state index is 12.0. The Hall–Kier alpha value is -0.260. The van der Waals surface area contributed by atoms with Gasteiger partial charge in [0.15, 0.2) is 0 Å². The number of ether oxygens (including phenoxy) is 1. The lowest BCUT2D eigenvalue weighted by molar-refractivity contribution is -0.144. The minimum Gasteiger partial charge on any atom is -0.468 e. The van der Waals surface area contributed by atoms with Gasteiger partial charge in [-0.05, 0) is 32.2 Å². The van der Waals surface area contributed by atoms with E-state index < -0.39 is 0 Å². The second-order valence-electron chi connectivity index (χ2n) is 5.06. The molecule has 1 saturated carbocycles. The predicted molar refractivity (Wildman–Crippen MR) is 81.7 cm³/mol. The van der Waals surface area contributed by atoms with Gasteiger partial charge in [-0.15, -0.1) is 0 Å². The lowest BCUT2D eigenvalue weighted by Crippen LogP contribution is -2.58. The number of nitrogens with zero attached hydrogens (tertiary/aromatic N) is 1. The predicted octanol–water partition coefficient (Wildman–Crippen LogP) is 1.75. The molecule has 0 saturated heterocycles. The molecule has 0 radical (unpaired) electrons. The summed E-state index contributed by atoms with van der Waals surface area (Å²) in [6.07, 6.45) is 5.52. The average Bonchev–Trinajstić information content (AvgIpc) is 2.40. The molecule has 0 aromatic heterocycles.